The van der Waals surface area contributed by atoms with E-state index in [9.17, 15) is 0 Å². The first kappa shape index (κ1) is 14.7. The Labute approximate surface area is 131 Å². The van der Waals surface area contributed by atoms with Gasteiger partial charge in [0.1, 0.15) is 0 Å². The van der Waals surface area contributed by atoms with Gasteiger partial charge >= 0.3 is 0 Å². The molecule has 0 saturated carbocycles. The Morgan fingerprint density at radius 3 is 2.27 bits per heavy atom. The molecule has 0 spiro atoms. The van der Waals surface area contributed by atoms with Crippen LogP contribution in [-0.4, -0.2) is 48.1 Å². The molecular weight excluding hydrogens is 276 g/mol. The highest BCUT2D eigenvalue weighted by Crippen LogP contribution is 2.20. The van der Waals surface area contributed by atoms with E-state index in [-0.39, 0.29) is 0 Å². The van der Waals surface area contributed by atoms with E-state index in [0.717, 1.165) is 37.4 Å². The first-order chi connectivity index (χ1) is 10.7. The molecule has 2 heterocycles. The van der Waals surface area contributed by atoms with E-state index < -0.39 is 0 Å². The van der Waals surface area contributed by atoms with Gasteiger partial charge in [-0.25, -0.2) is 9.97 Å². The lowest BCUT2D eigenvalue weighted by molar-refractivity contribution is 0.313. The second-order valence-corrected chi connectivity index (χ2v) is 5.58. The van der Waals surface area contributed by atoms with Crippen LogP contribution in [0.3, 0.4) is 0 Å². The van der Waals surface area contributed by atoms with Crippen molar-refractivity contribution in [2.24, 2.45) is 5.73 Å². The molecule has 22 heavy (non-hydrogen) atoms. The molecule has 1 fully saturated rings. The summed E-state index contributed by atoms with van der Waals surface area (Å²) >= 11 is 0. The molecule has 6 heteroatoms. The van der Waals surface area contributed by atoms with E-state index in [1.807, 2.05) is 0 Å². The van der Waals surface area contributed by atoms with Crippen molar-refractivity contribution in [3.8, 4) is 0 Å². The van der Waals surface area contributed by atoms with Crippen LogP contribution in [0.2, 0.25) is 0 Å². The smallest absolute Gasteiger partial charge is 0.227 e. The van der Waals surface area contributed by atoms with E-state index in [4.69, 9.17) is 5.73 Å². The summed E-state index contributed by atoms with van der Waals surface area (Å²) in [5.41, 5.74) is 8.71. The first-order valence-corrected chi connectivity index (χ1v) is 7.56. The van der Waals surface area contributed by atoms with E-state index in [1.165, 1.54) is 5.69 Å². The minimum absolute atomic E-state index is 0.458. The molecular formula is C16H22N6. The van der Waals surface area contributed by atoms with Crippen LogP contribution in [0.1, 0.15) is 5.56 Å². The van der Waals surface area contributed by atoms with Gasteiger partial charge in [0, 0.05) is 62.1 Å². The second-order valence-electron chi connectivity index (χ2n) is 5.58. The topological polar surface area (TPSA) is 70.3 Å². The summed E-state index contributed by atoms with van der Waals surface area (Å²) in [5, 5.41) is 3.20. The molecule has 1 aliphatic heterocycles. The number of aromatic nitrogens is 2. The van der Waals surface area contributed by atoms with Crippen LogP contribution in [-0.2, 0) is 6.54 Å². The van der Waals surface area contributed by atoms with Crippen molar-refractivity contribution in [3.63, 3.8) is 0 Å². The lowest BCUT2D eigenvalue weighted by atomic mass is 10.2. The number of nitrogens with zero attached hydrogens (tertiary/aromatic N) is 4. The Balaban J connectivity index is 1.63. The van der Waals surface area contributed by atoms with Crippen LogP contribution in [0.5, 0.6) is 0 Å². The van der Waals surface area contributed by atoms with Gasteiger partial charge in [0.15, 0.2) is 0 Å². The molecule has 0 aliphatic carbocycles. The van der Waals surface area contributed by atoms with Gasteiger partial charge in [-0.15, -0.1) is 0 Å². The van der Waals surface area contributed by atoms with Crippen LogP contribution in [0, 0.1) is 0 Å². The fourth-order valence-corrected chi connectivity index (χ4v) is 2.47. The van der Waals surface area contributed by atoms with Gasteiger partial charge in [-0.05, 0) is 31.3 Å². The number of benzene rings is 1. The zero-order valence-corrected chi connectivity index (χ0v) is 12.9. The van der Waals surface area contributed by atoms with Crippen LogP contribution < -0.4 is 16.0 Å². The largest absolute Gasteiger partial charge is 0.369 e. The molecule has 3 N–H and O–H groups in total. The van der Waals surface area contributed by atoms with Gasteiger partial charge in [-0.2, -0.15) is 0 Å². The van der Waals surface area contributed by atoms with Crippen LogP contribution in [0.15, 0.2) is 36.7 Å². The third-order valence-electron chi connectivity index (χ3n) is 3.93. The Morgan fingerprint density at radius 2 is 1.68 bits per heavy atom. The fourth-order valence-electron chi connectivity index (χ4n) is 2.47. The van der Waals surface area contributed by atoms with Crippen molar-refractivity contribution < 1.29 is 0 Å². The molecule has 1 aromatic heterocycles. The van der Waals surface area contributed by atoms with E-state index in [1.54, 1.807) is 12.4 Å². The number of piperazine rings is 1. The monoisotopic (exact) mass is 298 g/mol. The molecule has 0 unspecified atom stereocenters. The van der Waals surface area contributed by atoms with Gasteiger partial charge in [-0.1, -0.05) is 0 Å². The van der Waals surface area contributed by atoms with E-state index >= 15 is 0 Å². The SMILES string of the molecule is CN1CCN(c2ccc(Nc3ncc(CN)cn3)cc2)CC1. The van der Waals surface area contributed by atoms with Crippen molar-refractivity contribution in [3.05, 3.63) is 42.2 Å². The van der Waals surface area contributed by atoms with Crippen LogP contribution in [0.4, 0.5) is 17.3 Å². The maximum atomic E-state index is 5.54. The van der Waals surface area contributed by atoms with Crippen molar-refractivity contribution in [2.75, 3.05) is 43.4 Å². The number of anilines is 3. The Hall–Kier alpha value is -2.18. The number of likely N-dealkylation sites (N-methyl/N-ethyl adjacent to an activating group) is 1. The molecule has 0 atom stereocenters. The quantitative estimate of drug-likeness (QED) is 0.890. The zero-order valence-electron chi connectivity index (χ0n) is 12.9. The standard InChI is InChI=1S/C16H22N6/c1-21-6-8-22(9-7-21)15-4-2-14(3-5-15)20-16-18-11-13(10-17)12-19-16/h2-5,11-12H,6-10,17H2,1H3,(H,18,19,20). The molecule has 0 amide bonds. The normalized spacial score (nSPS) is 15.8. The number of nitrogens with one attached hydrogen (secondary N) is 1. The third-order valence-corrected chi connectivity index (χ3v) is 3.93. The van der Waals surface area contributed by atoms with E-state index in [2.05, 4.69) is 56.4 Å². The molecule has 2 aromatic rings. The number of rotatable bonds is 4. The first-order valence-electron chi connectivity index (χ1n) is 7.56. The third kappa shape index (κ3) is 3.52. The lowest BCUT2D eigenvalue weighted by Gasteiger charge is -2.34. The van der Waals surface area contributed by atoms with Gasteiger partial charge in [0.05, 0.1) is 0 Å². The predicted molar refractivity (Wildman–Crippen MR) is 89.4 cm³/mol. The summed E-state index contributed by atoms with van der Waals surface area (Å²) in [6, 6.07) is 8.41. The summed E-state index contributed by atoms with van der Waals surface area (Å²) in [4.78, 5) is 13.3. The number of hydrogen-bond acceptors (Lipinski definition) is 6. The summed E-state index contributed by atoms with van der Waals surface area (Å²) in [7, 11) is 2.17. The highest BCUT2D eigenvalue weighted by molar-refractivity contribution is 5.59. The summed E-state index contributed by atoms with van der Waals surface area (Å²) in [6.45, 7) is 4.84. The maximum absolute atomic E-state index is 5.54. The van der Waals surface area contributed by atoms with Gasteiger partial charge in [-0.3, -0.25) is 0 Å². The Kier molecular flexibility index (Phi) is 4.50. The zero-order chi connectivity index (χ0) is 15.4. The summed E-state index contributed by atoms with van der Waals surface area (Å²) in [6.07, 6.45) is 3.49. The minimum Gasteiger partial charge on any atom is -0.369 e. The van der Waals surface area contributed by atoms with Crippen molar-refractivity contribution in [2.45, 2.75) is 6.54 Å². The van der Waals surface area contributed by atoms with Gasteiger partial charge < -0.3 is 20.9 Å². The average molecular weight is 298 g/mol. The van der Waals surface area contributed by atoms with Crippen molar-refractivity contribution >= 4 is 17.3 Å². The van der Waals surface area contributed by atoms with Crippen molar-refractivity contribution in [1.82, 2.24) is 14.9 Å². The molecule has 0 bridgehead atoms. The lowest BCUT2D eigenvalue weighted by Crippen LogP contribution is -2.44. The number of nitrogens with two attached hydrogens (primary N) is 1. The molecule has 1 aromatic carbocycles. The molecule has 6 nitrogen and oxygen atoms in total. The van der Waals surface area contributed by atoms with Gasteiger partial charge in [0.2, 0.25) is 5.95 Å². The van der Waals surface area contributed by atoms with Crippen LogP contribution in [0.25, 0.3) is 0 Å². The van der Waals surface area contributed by atoms with Crippen LogP contribution >= 0.6 is 0 Å². The molecule has 3 rings (SSSR count). The maximum Gasteiger partial charge on any atom is 0.227 e. The number of hydrogen-bond donors (Lipinski definition) is 2. The highest BCUT2D eigenvalue weighted by Gasteiger charge is 2.13. The Morgan fingerprint density at radius 1 is 1.05 bits per heavy atom. The predicted octanol–water partition coefficient (Wildman–Crippen LogP) is 1.43. The molecule has 1 saturated heterocycles. The molecule has 116 valence electrons. The molecule has 1 aliphatic rings. The summed E-state index contributed by atoms with van der Waals surface area (Å²) in [5.74, 6) is 0.588. The molecule has 0 radical (unpaired) electrons. The fraction of sp³-hybridized carbons (Fsp3) is 0.375. The average Bonchev–Trinajstić information content (AvgIpc) is 2.57. The van der Waals surface area contributed by atoms with Gasteiger partial charge in [0.25, 0.3) is 0 Å². The highest BCUT2D eigenvalue weighted by atomic mass is 15.2. The second kappa shape index (κ2) is 6.72. The minimum atomic E-state index is 0.458. The summed E-state index contributed by atoms with van der Waals surface area (Å²) < 4.78 is 0. The van der Waals surface area contributed by atoms with Crippen molar-refractivity contribution in [1.29, 1.82) is 0 Å². The van der Waals surface area contributed by atoms with E-state index in [0.29, 0.717) is 12.5 Å². The Bertz CT molecular complexity index is 587.